The van der Waals surface area contributed by atoms with Gasteiger partial charge in [-0.05, 0) is 37.1 Å². The Morgan fingerprint density at radius 1 is 1.29 bits per heavy atom. The van der Waals surface area contributed by atoms with Crippen molar-refractivity contribution in [3.05, 3.63) is 34.9 Å². The molecule has 1 atom stereocenters. The van der Waals surface area contributed by atoms with E-state index >= 15 is 0 Å². The van der Waals surface area contributed by atoms with Gasteiger partial charge in [0, 0.05) is 31.1 Å². The lowest BCUT2D eigenvalue weighted by Gasteiger charge is -2.34. The fourth-order valence-corrected chi connectivity index (χ4v) is 2.92. The summed E-state index contributed by atoms with van der Waals surface area (Å²) in [4.78, 5) is 24.9. The Morgan fingerprint density at radius 2 is 2.08 bits per heavy atom. The number of carbonyl (C=O) groups excluding carboxylic acids is 2. The minimum Gasteiger partial charge on any atom is -0.460 e. The lowest BCUT2D eigenvalue weighted by molar-refractivity contribution is -0.152. The SMILES string of the molecule is O=CCCCCCN1CCNCC1C(=O)OCc1ccc(Cl)cc1. The topological polar surface area (TPSA) is 58.6 Å². The molecule has 0 aromatic heterocycles. The van der Waals surface area contributed by atoms with Crippen molar-refractivity contribution in [3.8, 4) is 0 Å². The summed E-state index contributed by atoms with van der Waals surface area (Å²) in [5.41, 5.74) is 0.928. The summed E-state index contributed by atoms with van der Waals surface area (Å²) in [6, 6.07) is 7.06. The maximum Gasteiger partial charge on any atom is 0.325 e. The van der Waals surface area contributed by atoms with Gasteiger partial charge in [0.15, 0.2) is 0 Å². The highest BCUT2D eigenvalue weighted by atomic mass is 35.5. The van der Waals surface area contributed by atoms with Crippen molar-refractivity contribution < 1.29 is 14.3 Å². The van der Waals surface area contributed by atoms with E-state index in [-0.39, 0.29) is 18.6 Å². The molecule has 2 rings (SSSR count). The number of esters is 1. The van der Waals surface area contributed by atoms with E-state index in [4.69, 9.17) is 16.3 Å². The first-order valence-corrected chi connectivity index (χ1v) is 8.88. The summed E-state index contributed by atoms with van der Waals surface area (Å²) in [6.45, 7) is 3.47. The average molecular weight is 353 g/mol. The van der Waals surface area contributed by atoms with Gasteiger partial charge in [-0.15, -0.1) is 0 Å². The predicted octanol–water partition coefficient (Wildman–Crippen LogP) is 2.42. The van der Waals surface area contributed by atoms with E-state index in [1.54, 1.807) is 12.1 Å². The van der Waals surface area contributed by atoms with Gasteiger partial charge in [-0.25, -0.2) is 0 Å². The third kappa shape index (κ3) is 6.23. The van der Waals surface area contributed by atoms with Crippen LogP contribution in [0.25, 0.3) is 0 Å². The number of carbonyl (C=O) groups is 2. The summed E-state index contributed by atoms with van der Waals surface area (Å²) in [6.07, 6.45) is 4.50. The molecule has 1 aromatic rings. The molecule has 1 fully saturated rings. The van der Waals surface area contributed by atoms with Gasteiger partial charge in [-0.2, -0.15) is 0 Å². The van der Waals surface area contributed by atoms with Crippen LogP contribution < -0.4 is 5.32 Å². The maximum atomic E-state index is 12.4. The largest absolute Gasteiger partial charge is 0.460 e. The third-order valence-electron chi connectivity index (χ3n) is 4.19. The highest BCUT2D eigenvalue weighted by Gasteiger charge is 2.29. The average Bonchev–Trinajstić information content (AvgIpc) is 2.61. The Balaban J connectivity index is 1.78. The zero-order valence-electron chi connectivity index (χ0n) is 13.9. The lowest BCUT2D eigenvalue weighted by Crippen LogP contribution is -2.55. The molecule has 24 heavy (non-hydrogen) atoms. The Kier molecular flexibility index (Phi) is 8.22. The molecule has 1 unspecified atom stereocenters. The van der Waals surface area contributed by atoms with Crippen molar-refractivity contribution in [1.29, 1.82) is 0 Å². The summed E-state index contributed by atoms with van der Waals surface area (Å²) < 4.78 is 5.47. The molecule has 0 amide bonds. The normalized spacial score (nSPS) is 18.3. The first kappa shape index (κ1) is 18.9. The van der Waals surface area contributed by atoms with Crippen molar-refractivity contribution in [1.82, 2.24) is 10.2 Å². The second kappa shape index (κ2) is 10.4. The number of hydrogen-bond acceptors (Lipinski definition) is 5. The minimum absolute atomic E-state index is 0.190. The molecule has 1 N–H and O–H groups in total. The van der Waals surface area contributed by atoms with E-state index < -0.39 is 0 Å². The van der Waals surface area contributed by atoms with Gasteiger partial charge in [0.25, 0.3) is 0 Å². The van der Waals surface area contributed by atoms with Crippen LogP contribution in [-0.4, -0.2) is 49.4 Å². The molecular formula is C18H25ClN2O3. The van der Waals surface area contributed by atoms with E-state index in [1.807, 2.05) is 12.1 Å². The van der Waals surface area contributed by atoms with Gasteiger partial charge in [0.05, 0.1) is 0 Å². The first-order chi connectivity index (χ1) is 11.7. The van der Waals surface area contributed by atoms with Crippen LogP contribution in [0.2, 0.25) is 5.02 Å². The van der Waals surface area contributed by atoms with Crippen molar-refractivity contribution in [2.24, 2.45) is 0 Å². The van der Waals surface area contributed by atoms with Crippen molar-refractivity contribution >= 4 is 23.9 Å². The van der Waals surface area contributed by atoms with Gasteiger partial charge in [-0.3, -0.25) is 9.69 Å². The van der Waals surface area contributed by atoms with Gasteiger partial charge < -0.3 is 14.8 Å². The Bertz CT molecular complexity index is 522. The standard InChI is InChI=1S/C18H25ClN2O3/c19-16-7-5-15(6-8-16)14-24-18(23)17-13-20-9-11-21(17)10-3-1-2-4-12-22/h5-8,12,17,20H,1-4,9-11,13-14H2. The number of hydrogen-bond donors (Lipinski definition) is 1. The number of nitrogens with one attached hydrogen (secondary N) is 1. The number of benzene rings is 1. The van der Waals surface area contributed by atoms with E-state index in [9.17, 15) is 9.59 Å². The molecule has 1 aliphatic heterocycles. The monoisotopic (exact) mass is 352 g/mol. The van der Waals surface area contributed by atoms with Crippen molar-refractivity contribution in [2.75, 3.05) is 26.2 Å². The highest BCUT2D eigenvalue weighted by molar-refractivity contribution is 6.30. The molecule has 1 aromatic carbocycles. The minimum atomic E-state index is -0.239. The van der Waals surface area contributed by atoms with Crippen LogP contribution in [0.1, 0.15) is 31.2 Å². The van der Waals surface area contributed by atoms with Crippen molar-refractivity contribution in [3.63, 3.8) is 0 Å². The molecule has 0 saturated carbocycles. The van der Waals surface area contributed by atoms with Gasteiger partial charge in [0.1, 0.15) is 18.9 Å². The van der Waals surface area contributed by atoms with Crippen LogP contribution in [0.5, 0.6) is 0 Å². The van der Waals surface area contributed by atoms with Gasteiger partial charge in [0.2, 0.25) is 0 Å². The van der Waals surface area contributed by atoms with E-state index in [0.717, 1.165) is 50.7 Å². The van der Waals surface area contributed by atoms with Gasteiger partial charge in [-0.1, -0.05) is 30.2 Å². The Labute approximate surface area is 148 Å². The number of piperazine rings is 1. The smallest absolute Gasteiger partial charge is 0.325 e. The molecule has 0 radical (unpaired) electrons. The fourth-order valence-electron chi connectivity index (χ4n) is 2.80. The molecule has 0 aliphatic carbocycles. The number of ether oxygens (including phenoxy) is 1. The van der Waals surface area contributed by atoms with Crippen LogP contribution in [-0.2, 0) is 20.9 Å². The van der Waals surface area contributed by atoms with Gasteiger partial charge >= 0.3 is 5.97 Å². The number of rotatable bonds is 9. The number of aldehydes is 1. The molecule has 1 saturated heterocycles. The predicted molar refractivity (Wildman–Crippen MR) is 94.0 cm³/mol. The Morgan fingerprint density at radius 3 is 2.83 bits per heavy atom. The number of nitrogens with zero attached hydrogens (tertiary/aromatic N) is 1. The fraction of sp³-hybridized carbons (Fsp3) is 0.556. The number of unbranched alkanes of at least 4 members (excludes halogenated alkanes) is 3. The summed E-state index contributed by atoms with van der Waals surface area (Å²) >= 11 is 5.85. The zero-order valence-corrected chi connectivity index (χ0v) is 14.6. The van der Waals surface area contributed by atoms with Crippen molar-refractivity contribution in [2.45, 2.75) is 38.3 Å². The third-order valence-corrected chi connectivity index (χ3v) is 4.44. The quantitative estimate of drug-likeness (QED) is 0.420. The molecule has 0 bridgehead atoms. The summed E-state index contributed by atoms with van der Waals surface area (Å²) in [7, 11) is 0. The first-order valence-electron chi connectivity index (χ1n) is 8.50. The van der Waals surface area contributed by atoms with E-state index in [1.165, 1.54) is 0 Å². The van der Waals surface area contributed by atoms with Crippen LogP contribution in [0.15, 0.2) is 24.3 Å². The second-order valence-corrected chi connectivity index (χ2v) is 6.44. The lowest BCUT2D eigenvalue weighted by atomic mass is 10.1. The summed E-state index contributed by atoms with van der Waals surface area (Å²) in [5, 5.41) is 3.92. The maximum absolute atomic E-state index is 12.4. The molecule has 0 spiro atoms. The highest BCUT2D eigenvalue weighted by Crippen LogP contribution is 2.13. The van der Waals surface area contributed by atoms with Crippen LogP contribution >= 0.6 is 11.6 Å². The van der Waals surface area contributed by atoms with Crippen LogP contribution in [0.3, 0.4) is 0 Å². The number of halogens is 1. The van der Waals surface area contributed by atoms with Crippen LogP contribution in [0.4, 0.5) is 0 Å². The zero-order chi connectivity index (χ0) is 17.2. The second-order valence-electron chi connectivity index (χ2n) is 6.01. The molecule has 132 valence electrons. The van der Waals surface area contributed by atoms with E-state index in [2.05, 4.69) is 10.2 Å². The molecular weight excluding hydrogens is 328 g/mol. The van der Waals surface area contributed by atoms with E-state index in [0.29, 0.717) is 18.0 Å². The molecule has 1 aliphatic rings. The Hall–Kier alpha value is -1.43. The molecule has 5 nitrogen and oxygen atoms in total. The van der Waals surface area contributed by atoms with Crippen LogP contribution in [0, 0.1) is 0 Å². The molecule has 1 heterocycles. The summed E-state index contributed by atoms with van der Waals surface area (Å²) in [5.74, 6) is -0.190. The molecule has 6 heteroatoms.